The summed E-state index contributed by atoms with van der Waals surface area (Å²) in [7, 11) is -1.93. The molecule has 0 heterocycles. The minimum atomic E-state index is -3.38. The summed E-state index contributed by atoms with van der Waals surface area (Å²) in [6.07, 6.45) is 0. The normalized spacial score (nSPS) is 10.7. The van der Waals surface area contributed by atoms with Crippen molar-refractivity contribution in [2.75, 3.05) is 12.9 Å². The lowest BCUT2D eigenvalue weighted by atomic mass is 10.2. The Balaban J connectivity index is 3.45. The highest BCUT2D eigenvalue weighted by Gasteiger charge is 2.17. The van der Waals surface area contributed by atoms with Gasteiger partial charge in [0.15, 0.2) is 9.84 Å². The Labute approximate surface area is 89.0 Å². The molecule has 4 nitrogen and oxygen atoms in total. The van der Waals surface area contributed by atoms with Crippen molar-refractivity contribution in [2.24, 2.45) is 0 Å². The van der Waals surface area contributed by atoms with Crippen molar-refractivity contribution in [3.05, 3.63) is 23.8 Å². The van der Waals surface area contributed by atoms with Crippen LogP contribution in [-0.4, -0.2) is 21.3 Å². The maximum Gasteiger partial charge on any atom is 0.179 e. The Hall–Kier alpha value is -1.54. The number of nitrogens with zero attached hydrogens (tertiary/aromatic N) is 1. The number of benzene rings is 1. The van der Waals surface area contributed by atoms with E-state index in [9.17, 15) is 8.42 Å². The third-order valence-corrected chi connectivity index (χ3v) is 3.79. The summed E-state index contributed by atoms with van der Waals surface area (Å²) in [6.45, 7) is 1.54. The summed E-state index contributed by atoms with van der Waals surface area (Å²) in [6, 6.07) is 6.23. The van der Waals surface area contributed by atoms with Gasteiger partial charge in [0.2, 0.25) is 0 Å². The van der Waals surface area contributed by atoms with E-state index in [4.69, 9.17) is 10.00 Å². The quantitative estimate of drug-likeness (QED) is 0.779. The van der Waals surface area contributed by atoms with Gasteiger partial charge in [-0.1, -0.05) is 6.92 Å². The molecule has 1 aromatic rings. The minimum Gasteiger partial charge on any atom is -0.497 e. The van der Waals surface area contributed by atoms with Crippen LogP contribution in [0.15, 0.2) is 23.1 Å². The zero-order chi connectivity index (χ0) is 11.5. The van der Waals surface area contributed by atoms with Gasteiger partial charge < -0.3 is 4.74 Å². The van der Waals surface area contributed by atoms with E-state index >= 15 is 0 Å². The van der Waals surface area contributed by atoms with E-state index in [0.717, 1.165) is 0 Å². The standard InChI is InChI=1S/C10H11NO3S/c1-3-15(12,13)10-6-9(14-2)5-4-8(10)7-11/h4-6H,3H2,1-2H3. The van der Waals surface area contributed by atoms with Crippen molar-refractivity contribution < 1.29 is 13.2 Å². The molecule has 0 aromatic heterocycles. The fourth-order valence-electron chi connectivity index (χ4n) is 1.13. The van der Waals surface area contributed by atoms with Gasteiger partial charge in [-0.05, 0) is 12.1 Å². The van der Waals surface area contributed by atoms with Crippen LogP contribution in [0.4, 0.5) is 0 Å². The summed E-state index contributed by atoms with van der Waals surface area (Å²) < 4.78 is 28.2. The highest BCUT2D eigenvalue weighted by Crippen LogP contribution is 2.22. The smallest absolute Gasteiger partial charge is 0.179 e. The van der Waals surface area contributed by atoms with Gasteiger partial charge in [0.05, 0.1) is 23.3 Å². The Bertz CT molecular complexity index is 500. The zero-order valence-corrected chi connectivity index (χ0v) is 9.34. The fourth-order valence-corrected chi connectivity index (χ4v) is 2.19. The molecule has 0 unspecified atom stereocenters. The van der Waals surface area contributed by atoms with Gasteiger partial charge in [0.25, 0.3) is 0 Å². The van der Waals surface area contributed by atoms with Crippen LogP contribution in [0.5, 0.6) is 5.75 Å². The van der Waals surface area contributed by atoms with Crippen LogP contribution in [-0.2, 0) is 9.84 Å². The monoisotopic (exact) mass is 225 g/mol. The maximum absolute atomic E-state index is 11.6. The van der Waals surface area contributed by atoms with Crippen molar-refractivity contribution in [3.63, 3.8) is 0 Å². The van der Waals surface area contributed by atoms with E-state index in [2.05, 4.69) is 0 Å². The molecule has 0 amide bonds. The molecule has 0 saturated heterocycles. The van der Waals surface area contributed by atoms with Gasteiger partial charge in [-0.25, -0.2) is 8.42 Å². The molecular formula is C10H11NO3S. The highest BCUT2D eigenvalue weighted by atomic mass is 32.2. The van der Waals surface area contributed by atoms with E-state index < -0.39 is 9.84 Å². The average Bonchev–Trinajstić information content (AvgIpc) is 2.28. The van der Waals surface area contributed by atoms with Gasteiger partial charge >= 0.3 is 0 Å². The lowest BCUT2D eigenvalue weighted by molar-refractivity contribution is 0.413. The van der Waals surface area contributed by atoms with E-state index in [0.29, 0.717) is 5.75 Å². The van der Waals surface area contributed by atoms with E-state index in [-0.39, 0.29) is 16.2 Å². The first-order valence-electron chi connectivity index (χ1n) is 4.36. The number of nitriles is 1. The Morgan fingerprint density at radius 1 is 1.47 bits per heavy atom. The zero-order valence-electron chi connectivity index (χ0n) is 8.52. The number of rotatable bonds is 3. The summed E-state index contributed by atoms with van der Waals surface area (Å²) in [5.41, 5.74) is 0.151. The lowest BCUT2D eigenvalue weighted by Gasteiger charge is -2.06. The van der Waals surface area contributed by atoms with Gasteiger partial charge in [-0.15, -0.1) is 0 Å². The van der Waals surface area contributed by atoms with E-state index in [1.54, 1.807) is 6.07 Å². The summed E-state index contributed by atoms with van der Waals surface area (Å²) in [5, 5.41) is 8.79. The van der Waals surface area contributed by atoms with Crippen LogP contribution in [0.1, 0.15) is 12.5 Å². The first-order chi connectivity index (χ1) is 7.05. The van der Waals surface area contributed by atoms with Gasteiger partial charge in [-0.2, -0.15) is 5.26 Å². The number of hydrogen-bond acceptors (Lipinski definition) is 4. The van der Waals surface area contributed by atoms with Crippen molar-refractivity contribution in [3.8, 4) is 11.8 Å². The van der Waals surface area contributed by atoms with Crippen LogP contribution in [0.25, 0.3) is 0 Å². The number of hydrogen-bond donors (Lipinski definition) is 0. The molecule has 1 aromatic carbocycles. The van der Waals surface area contributed by atoms with Gasteiger partial charge in [-0.3, -0.25) is 0 Å². The van der Waals surface area contributed by atoms with Crippen LogP contribution in [0.2, 0.25) is 0 Å². The number of methoxy groups -OCH3 is 1. The van der Waals surface area contributed by atoms with Gasteiger partial charge in [0.1, 0.15) is 11.8 Å². The molecule has 1 rings (SSSR count). The first kappa shape index (κ1) is 11.5. The molecule has 80 valence electrons. The Morgan fingerprint density at radius 3 is 2.60 bits per heavy atom. The van der Waals surface area contributed by atoms with E-state index in [1.165, 1.54) is 26.2 Å². The van der Waals surface area contributed by atoms with Crippen molar-refractivity contribution >= 4 is 9.84 Å². The third-order valence-electron chi connectivity index (χ3n) is 2.02. The largest absolute Gasteiger partial charge is 0.497 e. The maximum atomic E-state index is 11.6. The Kier molecular flexibility index (Phi) is 3.32. The molecule has 0 atom stereocenters. The van der Waals surface area contributed by atoms with Crippen LogP contribution >= 0.6 is 0 Å². The molecule has 0 saturated carbocycles. The lowest BCUT2D eigenvalue weighted by Crippen LogP contribution is -2.06. The SMILES string of the molecule is CCS(=O)(=O)c1cc(OC)ccc1C#N. The molecule has 0 bridgehead atoms. The van der Waals surface area contributed by atoms with Gasteiger partial charge in [0, 0.05) is 6.07 Å². The number of ether oxygens (including phenoxy) is 1. The molecule has 0 N–H and O–H groups in total. The van der Waals surface area contributed by atoms with Crippen LogP contribution < -0.4 is 4.74 Å². The second-order valence-electron chi connectivity index (χ2n) is 2.88. The second-order valence-corrected chi connectivity index (χ2v) is 5.12. The van der Waals surface area contributed by atoms with Crippen LogP contribution in [0.3, 0.4) is 0 Å². The molecule has 15 heavy (non-hydrogen) atoms. The topological polar surface area (TPSA) is 67.2 Å². The molecule has 0 aliphatic rings. The molecular weight excluding hydrogens is 214 g/mol. The second kappa shape index (κ2) is 4.32. The number of sulfone groups is 1. The molecule has 0 fully saturated rings. The molecule has 5 heteroatoms. The predicted octanol–water partition coefficient (Wildman–Crippen LogP) is 1.36. The van der Waals surface area contributed by atoms with Crippen molar-refractivity contribution in [1.82, 2.24) is 0 Å². The molecule has 0 aliphatic carbocycles. The third kappa shape index (κ3) is 2.28. The molecule has 0 aliphatic heterocycles. The predicted molar refractivity (Wildman–Crippen MR) is 55.4 cm³/mol. The van der Waals surface area contributed by atoms with E-state index in [1.807, 2.05) is 6.07 Å². The fraction of sp³-hybridized carbons (Fsp3) is 0.300. The van der Waals surface area contributed by atoms with Crippen molar-refractivity contribution in [2.45, 2.75) is 11.8 Å². The van der Waals surface area contributed by atoms with Crippen molar-refractivity contribution in [1.29, 1.82) is 5.26 Å². The van der Waals surface area contributed by atoms with Crippen LogP contribution in [0, 0.1) is 11.3 Å². The molecule has 0 spiro atoms. The minimum absolute atomic E-state index is 0.0329. The average molecular weight is 225 g/mol. The highest BCUT2D eigenvalue weighted by molar-refractivity contribution is 7.91. The summed E-state index contributed by atoms with van der Waals surface area (Å²) in [4.78, 5) is 0.0341. The molecule has 0 radical (unpaired) electrons. The summed E-state index contributed by atoms with van der Waals surface area (Å²) >= 11 is 0. The Morgan fingerprint density at radius 2 is 2.13 bits per heavy atom. The first-order valence-corrected chi connectivity index (χ1v) is 6.01. The summed E-state index contributed by atoms with van der Waals surface area (Å²) in [5.74, 6) is 0.399.